The van der Waals surface area contributed by atoms with E-state index in [4.69, 9.17) is 23.7 Å². The Morgan fingerprint density at radius 3 is 1.91 bits per heavy atom. The van der Waals surface area contributed by atoms with Crippen molar-refractivity contribution in [2.75, 3.05) is 19.8 Å². The summed E-state index contributed by atoms with van der Waals surface area (Å²) in [7, 11) is 0. The van der Waals surface area contributed by atoms with Crippen molar-refractivity contribution >= 4 is 0 Å². The maximum Gasteiger partial charge on any atom is 0.224 e. The second kappa shape index (κ2) is 10.4. The lowest BCUT2D eigenvalue weighted by atomic mass is 9.91. The molecule has 14 heteroatoms. The molecule has 0 aliphatic carbocycles. The maximum absolute atomic E-state index is 10.7. The van der Waals surface area contributed by atoms with Crippen LogP contribution in [0.4, 0.5) is 0 Å². The van der Waals surface area contributed by atoms with E-state index in [2.05, 4.69) is 0 Å². The molecule has 3 saturated heterocycles. The Kier molecular flexibility index (Phi) is 8.60. The molecule has 9 N–H and O–H groups in total. The molecule has 0 aromatic heterocycles. The summed E-state index contributed by atoms with van der Waals surface area (Å²) >= 11 is 0. The van der Waals surface area contributed by atoms with Crippen molar-refractivity contribution in [2.45, 2.75) is 106 Å². The Morgan fingerprint density at radius 2 is 1.41 bits per heavy atom. The molecule has 3 aliphatic heterocycles. The van der Waals surface area contributed by atoms with E-state index in [1.54, 1.807) is 6.92 Å². The first-order valence-corrected chi connectivity index (χ1v) is 11.1. The second-order valence-corrected chi connectivity index (χ2v) is 9.30. The lowest BCUT2D eigenvalue weighted by molar-refractivity contribution is -0.388. The summed E-state index contributed by atoms with van der Waals surface area (Å²) in [6, 6.07) is 0. The van der Waals surface area contributed by atoms with Gasteiger partial charge in [-0.2, -0.15) is 0 Å². The highest BCUT2D eigenvalue weighted by atomic mass is 16.8. The van der Waals surface area contributed by atoms with E-state index in [0.717, 1.165) is 0 Å². The Labute approximate surface area is 195 Å². The summed E-state index contributed by atoms with van der Waals surface area (Å²) < 4.78 is 28.0. The van der Waals surface area contributed by atoms with Gasteiger partial charge in [-0.05, 0) is 20.8 Å². The molecule has 34 heavy (non-hydrogen) atoms. The monoisotopic (exact) mass is 500 g/mol. The van der Waals surface area contributed by atoms with Gasteiger partial charge < -0.3 is 69.6 Å². The van der Waals surface area contributed by atoms with Crippen molar-refractivity contribution in [2.24, 2.45) is 0 Å². The number of aliphatic hydroxyl groups is 9. The molecule has 13 unspecified atom stereocenters. The molecule has 0 spiro atoms. The van der Waals surface area contributed by atoms with Gasteiger partial charge in [-0.15, -0.1) is 0 Å². The predicted molar refractivity (Wildman–Crippen MR) is 108 cm³/mol. The van der Waals surface area contributed by atoms with Crippen molar-refractivity contribution < 1.29 is 69.6 Å². The Balaban J connectivity index is 1.82. The minimum Gasteiger partial charge on any atom is -0.394 e. The van der Waals surface area contributed by atoms with E-state index < -0.39 is 105 Å². The van der Waals surface area contributed by atoms with Crippen LogP contribution in [0.1, 0.15) is 20.8 Å². The smallest absolute Gasteiger partial charge is 0.224 e. The van der Waals surface area contributed by atoms with Crippen LogP contribution >= 0.6 is 0 Å². The second-order valence-electron chi connectivity index (χ2n) is 9.30. The molecule has 0 saturated carbocycles. The summed E-state index contributed by atoms with van der Waals surface area (Å²) in [5.41, 5.74) is -1.37. The molecule has 3 rings (SSSR count). The quantitative estimate of drug-likeness (QED) is 0.152. The summed E-state index contributed by atoms with van der Waals surface area (Å²) in [5.74, 6) is -2.25. The summed E-state index contributed by atoms with van der Waals surface area (Å²) in [4.78, 5) is 0. The molecular formula is C20H36O14. The highest BCUT2D eigenvalue weighted by Crippen LogP contribution is 2.39. The predicted octanol–water partition coefficient (Wildman–Crippen LogP) is -5.08. The number of rotatable bonds is 8. The van der Waals surface area contributed by atoms with Gasteiger partial charge in [0, 0.05) is 0 Å². The van der Waals surface area contributed by atoms with Gasteiger partial charge in [0.25, 0.3) is 0 Å². The van der Waals surface area contributed by atoms with Gasteiger partial charge in [0.1, 0.15) is 67.1 Å². The van der Waals surface area contributed by atoms with Gasteiger partial charge in [-0.3, -0.25) is 0 Å². The van der Waals surface area contributed by atoms with Crippen LogP contribution in [0, 0.1) is 0 Å². The number of hydrogen-bond acceptors (Lipinski definition) is 14. The number of ether oxygens (including phenoxy) is 5. The lowest BCUT2D eigenvalue weighted by Gasteiger charge is -2.44. The van der Waals surface area contributed by atoms with E-state index in [-0.39, 0.29) is 0 Å². The van der Waals surface area contributed by atoms with Gasteiger partial charge in [0.05, 0.1) is 25.4 Å². The molecule has 3 fully saturated rings. The van der Waals surface area contributed by atoms with Gasteiger partial charge in [-0.25, -0.2) is 0 Å². The number of aliphatic hydroxyl groups excluding tert-OH is 9. The lowest BCUT2D eigenvalue weighted by Crippen LogP contribution is -2.63. The summed E-state index contributed by atoms with van der Waals surface area (Å²) in [6.45, 7) is 2.52. The zero-order chi connectivity index (χ0) is 25.6. The Bertz CT molecular complexity index is 682. The summed E-state index contributed by atoms with van der Waals surface area (Å²) in [5, 5.41) is 90.9. The minimum atomic E-state index is -2.25. The molecule has 3 aliphatic rings. The standard InChI is InChI=1S/C20H36O14/c1-7-11(23)16(28)19(3,32-7)8(2)30-6-20(17(29)13(25)10(5-22)33-20)34-18-15(27)14(26)12(24)9(4-21)31-18/h7-18,21-29H,4-6H2,1-3H3/t7?,8?,9?,10?,11?,12?,13?,14?,15?,16?,17?,18?,19?,20-/m0/s1. The average Bonchev–Trinajstić information content (AvgIpc) is 3.17. The van der Waals surface area contributed by atoms with Crippen molar-refractivity contribution in [1.29, 1.82) is 0 Å². The molecule has 14 nitrogen and oxygen atoms in total. The molecule has 0 radical (unpaired) electrons. The van der Waals surface area contributed by atoms with Gasteiger partial charge in [0.15, 0.2) is 6.29 Å². The van der Waals surface area contributed by atoms with Crippen LogP contribution in [-0.2, 0) is 23.7 Å². The number of hydrogen-bond donors (Lipinski definition) is 9. The topological polar surface area (TPSA) is 228 Å². The van der Waals surface area contributed by atoms with Crippen LogP contribution in [-0.4, -0.2) is 151 Å². The van der Waals surface area contributed by atoms with E-state index >= 15 is 0 Å². The first-order chi connectivity index (χ1) is 15.8. The molecular weight excluding hydrogens is 464 g/mol. The van der Waals surface area contributed by atoms with E-state index in [0.29, 0.717) is 0 Å². The molecule has 0 aromatic rings. The fourth-order valence-electron chi connectivity index (χ4n) is 4.50. The minimum absolute atomic E-state index is 0.645. The highest BCUT2D eigenvalue weighted by Gasteiger charge is 2.60. The largest absolute Gasteiger partial charge is 0.394 e. The first-order valence-electron chi connectivity index (χ1n) is 11.1. The fourth-order valence-corrected chi connectivity index (χ4v) is 4.50. The van der Waals surface area contributed by atoms with Crippen molar-refractivity contribution in [3.8, 4) is 0 Å². The SMILES string of the molecule is CC1OC(C)(C(C)OC[C@@]2(OC3OC(CO)C(O)C(O)C3O)OC(CO)C(O)C2O)C(O)C1O. The van der Waals surface area contributed by atoms with Gasteiger partial charge >= 0.3 is 0 Å². The molecule has 3 heterocycles. The van der Waals surface area contributed by atoms with Gasteiger partial charge in [-0.1, -0.05) is 0 Å². The molecule has 200 valence electrons. The van der Waals surface area contributed by atoms with Gasteiger partial charge in [0.2, 0.25) is 5.79 Å². The van der Waals surface area contributed by atoms with Crippen molar-refractivity contribution in [3.63, 3.8) is 0 Å². The fraction of sp³-hybridized carbons (Fsp3) is 1.00. The highest BCUT2D eigenvalue weighted by molar-refractivity contribution is 5.03. The molecule has 14 atom stereocenters. The van der Waals surface area contributed by atoms with Crippen LogP contribution in [0.15, 0.2) is 0 Å². The zero-order valence-electron chi connectivity index (χ0n) is 19.1. The van der Waals surface area contributed by atoms with Crippen LogP contribution < -0.4 is 0 Å². The third kappa shape index (κ3) is 4.73. The zero-order valence-corrected chi connectivity index (χ0v) is 19.1. The average molecular weight is 500 g/mol. The third-order valence-corrected chi connectivity index (χ3v) is 7.02. The molecule has 0 bridgehead atoms. The Morgan fingerprint density at radius 1 is 0.794 bits per heavy atom. The van der Waals surface area contributed by atoms with Crippen molar-refractivity contribution in [1.82, 2.24) is 0 Å². The maximum atomic E-state index is 10.7. The van der Waals surface area contributed by atoms with Crippen LogP contribution in [0.25, 0.3) is 0 Å². The van der Waals surface area contributed by atoms with Crippen LogP contribution in [0.2, 0.25) is 0 Å². The Hall–Kier alpha value is -0.560. The van der Waals surface area contributed by atoms with E-state index in [9.17, 15) is 46.0 Å². The first kappa shape index (κ1) is 28.0. The van der Waals surface area contributed by atoms with E-state index in [1.165, 1.54) is 13.8 Å². The third-order valence-electron chi connectivity index (χ3n) is 7.02. The normalized spacial score (nSPS) is 52.8. The molecule has 0 aromatic carbocycles. The van der Waals surface area contributed by atoms with Crippen LogP contribution in [0.5, 0.6) is 0 Å². The summed E-state index contributed by atoms with van der Waals surface area (Å²) in [6.07, 6.45) is -17.3. The van der Waals surface area contributed by atoms with Crippen molar-refractivity contribution in [3.05, 3.63) is 0 Å². The molecule has 0 amide bonds. The van der Waals surface area contributed by atoms with Crippen LogP contribution in [0.3, 0.4) is 0 Å². The van der Waals surface area contributed by atoms with E-state index in [1.807, 2.05) is 0 Å².